The van der Waals surface area contributed by atoms with Crippen LogP contribution in [0.5, 0.6) is 5.75 Å². The molecule has 0 spiro atoms. The molecule has 202 valence electrons. The number of para-hydroxylation sites is 1. The summed E-state index contributed by atoms with van der Waals surface area (Å²) in [6.45, 7) is 8.67. The van der Waals surface area contributed by atoms with Crippen LogP contribution >= 0.6 is 0 Å². The first-order chi connectivity index (χ1) is 19.4. The third-order valence-corrected chi connectivity index (χ3v) is 7.58. The Morgan fingerprint density at radius 1 is 1.27 bits per heavy atom. The van der Waals surface area contributed by atoms with Crippen LogP contribution in [0.15, 0.2) is 55.4 Å². The first-order valence-corrected chi connectivity index (χ1v) is 13.1. The van der Waals surface area contributed by atoms with Gasteiger partial charge in [-0.3, -0.25) is 4.79 Å². The Kier molecular flexibility index (Phi) is 6.36. The Balaban J connectivity index is 1.37. The van der Waals surface area contributed by atoms with Gasteiger partial charge in [0.1, 0.15) is 18.4 Å². The fraction of sp³-hybridized carbons (Fsp3) is 0.267. The molecule has 0 saturated carbocycles. The van der Waals surface area contributed by atoms with Gasteiger partial charge >= 0.3 is 0 Å². The van der Waals surface area contributed by atoms with E-state index in [-0.39, 0.29) is 5.91 Å². The number of nitrogens with one attached hydrogen (secondary N) is 2. The fourth-order valence-corrected chi connectivity index (χ4v) is 5.26. The highest BCUT2D eigenvalue weighted by molar-refractivity contribution is 6.02. The quantitative estimate of drug-likeness (QED) is 0.338. The SMILES string of the molecule is C=CC(=O)Nc1cc(Nc2ncc(C#N)c(-c3cn4c5c(cccc35)OCC4)n2)c(C)cc1N1CC(N(C)C)C1. The van der Waals surface area contributed by atoms with Gasteiger partial charge < -0.3 is 29.7 Å². The molecule has 10 heteroatoms. The molecule has 0 atom stereocenters. The van der Waals surface area contributed by atoms with Crippen molar-refractivity contribution in [3.63, 3.8) is 0 Å². The van der Waals surface area contributed by atoms with E-state index in [0.717, 1.165) is 58.8 Å². The molecule has 2 N–H and O–H groups in total. The van der Waals surface area contributed by atoms with Crippen molar-refractivity contribution in [2.45, 2.75) is 19.5 Å². The molecule has 1 saturated heterocycles. The lowest BCUT2D eigenvalue weighted by atomic mass is 10.0. The minimum Gasteiger partial charge on any atom is -0.490 e. The molecule has 2 aromatic carbocycles. The number of anilines is 4. The van der Waals surface area contributed by atoms with E-state index in [1.165, 1.54) is 6.08 Å². The van der Waals surface area contributed by atoms with E-state index in [4.69, 9.17) is 9.72 Å². The summed E-state index contributed by atoms with van der Waals surface area (Å²) in [4.78, 5) is 26.0. The molecular formula is C30H30N8O2. The highest BCUT2D eigenvalue weighted by atomic mass is 16.5. The van der Waals surface area contributed by atoms with Crippen molar-refractivity contribution in [3.05, 3.63) is 66.5 Å². The molecule has 4 aromatic rings. The number of ether oxygens (including phenoxy) is 1. The van der Waals surface area contributed by atoms with Crippen molar-refractivity contribution in [1.29, 1.82) is 5.26 Å². The number of nitriles is 1. The summed E-state index contributed by atoms with van der Waals surface area (Å²) < 4.78 is 7.99. The zero-order chi connectivity index (χ0) is 28.0. The Bertz CT molecular complexity index is 1690. The average molecular weight is 535 g/mol. The van der Waals surface area contributed by atoms with Gasteiger partial charge in [-0.05, 0) is 50.9 Å². The predicted octanol–water partition coefficient (Wildman–Crippen LogP) is 4.29. The number of benzene rings is 2. The van der Waals surface area contributed by atoms with E-state index in [1.807, 2.05) is 37.4 Å². The van der Waals surface area contributed by atoms with Crippen LogP contribution in [0.3, 0.4) is 0 Å². The number of likely N-dealkylation sites (N-methyl/N-ethyl adjacent to an activating group) is 1. The molecule has 2 aliphatic rings. The molecule has 0 bridgehead atoms. The standard InChI is InChI=1S/C30H30N8O2/c1-5-27(39)33-24-12-23(18(2)11-25(24)38-15-20(16-38)36(3)4)34-30-32-14-19(13-31)28(35-30)22-17-37-9-10-40-26-8-6-7-21(22)29(26)37/h5-8,11-12,14,17,20H,1,9-10,15-16H2,2-4H3,(H,33,39)(H,32,34,35). The number of hydrogen-bond acceptors (Lipinski definition) is 8. The van der Waals surface area contributed by atoms with Gasteiger partial charge in [-0.2, -0.15) is 5.26 Å². The van der Waals surface area contributed by atoms with E-state index in [0.29, 0.717) is 35.5 Å². The Hall–Kier alpha value is -4.88. The largest absolute Gasteiger partial charge is 0.490 e. The van der Waals surface area contributed by atoms with Gasteiger partial charge in [0.05, 0.1) is 40.9 Å². The third-order valence-electron chi connectivity index (χ3n) is 7.58. The number of aryl methyl sites for hydroxylation is 1. The zero-order valence-electron chi connectivity index (χ0n) is 22.7. The van der Waals surface area contributed by atoms with Gasteiger partial charge in [-0.25, -0.2) is 9.97 Å². The molecule has 2 aromatic heterocycles. The third kappa shape index (κ3) is 4.40. The van der Waals surface area contributed by atoms with Gasteiger partial charge in [-0.1, -0.05) is 18.7 Å². The van der Waals surface area contributed by atoms with E-state index >= 15 is 0 Å². The van der Waals surface area contributed by atoms with E-state index in [2.05, 4.69) is 62.8 Å². The molecular weight excluding hydrogens is 504 g/mol. The number of amides is 1. The second-order valence-electron chi connectivity index (χ2n) is 10.3. The van der Waals surface area contributed by atoms with Crippen LogP contribution in [0.4, 0.5) is 23.0 Å². The average Bonchev–Trinajstić information content (AvgIpc) is 3.30. The maximum Gasteiger partial charge on any atom is 0.247 e. The van der Waals surface area contributed by atoms with Crippen LogP contribution < -0.4 is 20.3 Å². The number of nitrogens with zero attached hydrogens (tertiary/aromatic N) is 6. The van der Waals surface area contributed by atoms with Crippen LogP contribution in [0.2, 0.25) is 0 Å². The van der Waals surface area contributed by atoms with Crippen molar-refractivity contribution < 1.29 is 9.53 Å². The second-order valence-corrected chi connectivity index (χ2v) is 10.3. The maximum absolute atomic E-state index is 12.3. The minimum absolute atomic E-state index is 0.283. The molecule has 4 heterocycles. The van der Waals surface area contributed by atoms with Crippen LogP contribution in [0, 0.1) is 18.3 Å². The lowest BCUT2D eigenvalue weighted by molar-refractivity contribution is -0.111. The number of carbonyl (C=O) groups excluding carboxylic acids is 1. The van der Waals surface area contributed by atoms with Crippen LogP contribution in [0.25, 0.3) is 22.2 Å². The highest BCUT2D eigenvalue weighted by Crippen LogP contribution is 2.39. The Morgan fingerprint density at radius 2 is 2.10 bits per heavy atom. The molecule has 6 rings (SSSR count). The number of hydrogen-bond donors (Lipinski definition) is 2. The molecule has 0 radical (unpaired) electrons. The second kappa shape index (κ2) is 10.0. The topological polar surface area (TPSA) is 111 Å². The number of carbonyl (C=O) groups is 1. The Labute approximate surface area is 232 Å². The van der Waals surface area contributed by atoms with Gasteiger partial charge in [0.2, 0.25) is 11.9 Å². The fourth-order valence-electron chi connectivity index (χ4n) is 5.26. The summed E-state index contributed by atoms with van der Waals surface area (Å²) in [5.74, 6) is 0.894. The van der Waals surface area contributed by atoms with Gasteiger partial charge in [0, 0.05) is 42.0 Å². The Morgan fingerprint density at radius 3 is 2.85 bits per heavy atom. The van der Waals surface area contributed by atoms with Crippen molar-refractivity contribution in [1.82, 2.24) is 19.4 Å². The van der Waals surface area contributed by atoms with Crippen LogP contribution in [0.1, 0.15) is 11.1 Å². The molecule has 2 aliphatic heterocycles. The predicted molar refractivity (Wildman–Crippen MR) is 156 cm³/mol. The van der Waals surface area contributed by atoms with Gasteiger partial charge in [0.15, 0.2) is 0 Å². The molecule has 0 aliphatic carbocycles. The molecule has 10 nitrogen and oxygen atoms in total. The summed E-state index contributed by atoms with van der Waals surface area (Å²) in [5.41, 5.74) is 6.13. The van der Waals surface area contributed by atoms with Crippen molar-refractivity contribution >= 4 is 39.8 Å². The first kappa shape index (κ1) is 25.4. The summed E-state index contributed by atoms with van der Waals surface area (Å²) in [6, 6.07) is 12.6. The van der Waals surface area contributed by atoms with Gasteiger partial charge in [-0.15, -0.1) is 0 Å². The van der Waals surface area contributed by atoms with E-state index in [9.17, 15) is 10.1 Å². The smallest absolute Gasteiger partial charge is 0.247 e. The van der Waals surface area contributed by atoms with Gasteiger partial charge in [0.25, 0.3) is 0 Å². The number of rotatable bonds is 7. The van der Waals surface area contributed by atoms with Crippen molar-refractivity contribution in [3.8, 4) is 23.1 Å². The van der Waals surface area contributed by atoms with E-state index in [1.54, 1.807) is 6.20 Å². The number of aromatic nitrogens is 3. The minimum atomic E-state index is -0.283. The highest BCUT2D eigenvalue weighted by Gasteiger charge is 2.30. The summed E-state index contributed by atoms with van der Waals surface area (Å²) >= 11 is 0. The molecule has 0 unspecified atom stereocenters. The molecule has 1 fully saturated rings. The normalized spacial score (nSPS) is 14.4. The maximum atomic E-state index is 12.3. The summed E-state index contributed by atoms with van der Waals surface area (Å²) in [7, 11) is 4.15. The van der Waals surface area contributed by atoms with Crippen molar-refractivity contribution in [2.24, 2.45) is 0 Å². The summed E-state index contributed by atoms with van der Waals surface area (Å²) in [5, 5.41) is 17.1. The first-order valence-electron chi connectivity index (χ1n) is 13.1. The lowest BCUT2D eigenvalue weighted by Gasteiger charge is -2.45. The van der Waals surface area contributed by atoms with Crippen LogP contribution in [-0.2, 0) is 11.3 Å². The lowest BCUT2D eigenvalue weighted by Crippen LogP contribution is -2.57. The summed E-state index contributed by atoms with van der Waals surface area (Å²) in [6.07, 6.45) is 4.83. The molecule has 40 heavy (non-hydrogen) atoms. The monoisotopic (exact) mass is 534 g/mol. The molecule has 1 amide bonds. The van der Waals surface area contributed by atoms with Crippen LogP contribution in [-0.4, -0.2) is 65.2 Å². The van der Waals surface area contributed by atoms with Crippen molar-refractivity contribution in [2.75, 3.05) is 49.3 Å². The zero-order valence-corrected chi connectivity index (χ0v) is 22.7. The van der Waals surface area contributed by atoms with E-state index < -0.39 is 0 Å².